The van der Waals surface area contributed by atoms with E-state index in [1.807, 2.05) is 17.7 Å². The maximum Gasteiger partial charge on any atom is 0.289 e. The molecule has 0 saturated carbocycles. The van der Waals surface area contributed by atoms with Crippen LogP contribution in [0.3, 0.4) is 0 Å². The lowest BCUT2D eigenvalue weighted by atomic mass is 9.86. The van der Waals surface area contributed by atoms with Crippen LogP contribution in [0.1, 0.15) is 49.8 Å². The molecule has 0 radical (unpaired) electrons. The summed E-state index contributed by atoms with van der Waals surface area (Å²) in [5.74, 6) is 0.672. The summed E-state index contributed by atoms with van der Waals surface area (Å²) in [6.07, 6.45) is 6.04. The van der Waals surface area contributed by atoms with E-state index in [0.717, 1.165) is 0 Å². The van der Waals surface area contributed by atoms with E-state index in [4.69, 9.17) is 4.42 Å². The number of nitrogens with one attached hydrogen (secondary N) is 1. The molecular weight excluding hydrogens is 280 g/mol. The van der Waals surface area contributed by atoms with Crippen LogP contribution in [0, 0.1) is 12.3 Å². The summed E-state index contributed by atoms with van der Waals surface area (Å²) in [6.45, 7) is 10.7. The maximum atomic E-state index is 12.5. The van der Waals surface area contributed by atoms with Gasteiger partial charge in [-0.3, -0.25) is 4.79 Å². The highest BCUT2D eigenvalue weighted by Gasteiger charge is 2.29. The van der Waals surface area contributed by atoms with Gasteiger partial charge in [-0.1, -0.05) is 27.7 Å². The number of carbonyl (C=O) groups excluding carboxylic acids is 1. The lowest BCUT2D eigenvalue weighted by Gasteiger charge is -2.31. The molecule has 1 amide bonds. The molecule has 1 atom stereocenters. The standard InChI is InChI=1S/C16H24N4O2/c1-6-13-18-11(2)14(22-13)15(21)19-12(16(3,4)5)9-20-8-7-17-10-20/h7-8,10,12H,6,9H2,1-5H3,(H,19,21)/t12-/m1/s1. The molecule has 6 nitrogen and oxygen atoms in total. The van der Waals surface area contributed by atoms with E-state index in [0.29, 0.717) is 30.3 Å². The van der Waals surface area contributed by atoms with E-state index in [1.54, 1.807) is 19.4 Å². The molecule has 22 heavy (non-hydrogen) atoms. The Morgan fingerprint density at radius 2 is 2.18 bits per heavy atom. The topological polar surface area (TPSA) is 73.0 Å². The van der Waals surface area contributed by atoms with Gasteiger partial charge >= 0.3 is 0 Å². The van der Waals surface area contributed by atoms with Gasteiger partial charge in [0.1, 0.15) is 0 Å². The van der Waals surface area contributed by atoms with Crippen LogP contribution in [-0.4, -0.2) is 26.5 Å². The first kappa shape index (κ1) is 16.3. The number of carbonyl (C=O) groups is 1. The molecule has 0 aromatic carbocycles. The molecule has 0 aliphatic heterocycles. The highest BCUT2D eigenvalue weighted by molar-refractivity contribution is 5.92. The Hall–Kier alpha value is -2.11. The Balaban J connectivity index is 2.15. The Bertz CT molecular complexity index is 623. The third-order valence-corrected chi connectivity index (χ3v) is 3.65. The normalized spacial score (nSPS) is 13.1. The summed E-state index contributed by atoms with van der Waals surface area (Å²) in [4.78, 5) is 20.8. The molecule has 120 valence electrons. The SMILES string of the molecule is CCc1nc(C)c(C(=O)N[C@H](Cn2ccnc2)C(C)(C)C)o1. The molecule has 0 saturated heterocycles. The third-order valence-electron chi connectivity index (χ3n) is 3.65. The van der Waals surface area contributed by atoms with E-state index >= 15 is 0 Å². The summed E-state index contributed by atoms with van der Waals surface area (Å²) in [5.41, 5.74) is 0.534. The molecule has 1 N–H and O–H groups in total. The molecule has 0 bridgehead atoms. The van der Waals surface area contributed by atoms with Gasteiger partial charge in [-0.15, -0.1) is 0 Å². The summed E-state index contributed by atoms with van der Waals surface area (Å²) in [5, 5.41) is 3.07. The Morgan fingerprint density at radius 3 is 2.68 bits per heavy atom. The van der Waals surface area contributed by atoms with Gasteiger partial charge in [-0.25, -0.2) is 9.97 Å². The zero-order chi connectivity index (χ0) is 16.3. The lowest BCUT2D eigenvalue weighted by molar-refractivity contribution is 0.0861. The molecule has 0 aliphatic carbocycles. The van der Waals surface area contributed by atoms with Gasteiger partial charge < -0.3 is 14.3 Å². The predicted molar refractivity (Wildman–Crippen MR) is 83.6 cm³/mol. The lowest BCUT2D eigenvalue weighted by Crippen LogP contribution is -2.46. The number of amides is 1. The average Bonchev–Trinajstić information content (AvgIpc) is 3.06. The van der Waals surface area contributed by atoms with E-state index in [1.165, 1.54) is 0 Å². The third kappa shape index (κ3) is 3.75. The van der Waals surface area contributed by atoms with Crippen molar-refractivity contribution in [3.8, 4) is 0 Å². The van der Waals surface area contributed by atoms with Crippen molar-refractivity contribution in [2.24, 2.45) is 5.41 Å². The molecule has 2 heterocycles. The van der Waals surface area contributed by atoms with Crippen molar-refractivity contribution in [1.29, 1.82) is 0 Å². The van der Waals surface area contributed by atoms with Gasteiger partial charge in [0, 0.05) is 25.4 Å². The molecule has 0 unspecified atom stereocenters. The monoisotopic (exact) mass is 304 g/mol. The molecule has 0 aliphatic rings. The zero-order valence-corrected chi connectivity index (χ0v) is 13.9. The van der Waals surface area contributed by atoms with E-state index in [2.05, 4.69) is 36.1 Å². The predicted octanol–water partition coefficient (Wildman–Crippen LogP) is 2.59. The van der Waals surface area contributed by atoms with Crippen molar-refractivity contribution in [1.82, 2.24) is 19.9 Å². The quantitative estimate of drug-likeness (QED) is 0.921. The fraction of sp³-hybridized carbons (Fsp3) is 0.562. The average molecular weight is 304 g/mol. The minimum atomic E-state index is -0.218. The Kier molecular flexibility index (Phi) is 4.68. The molecule has 2 aromatic heterocycles. The second-order valence-electron chi connectivity index (χ2n) is 6.53. The largest absolute Gasteiger partial charge is 0.435 e. The molecule has 0 spiro atoms. The van der Waals surface area contributed by atoms with Crippen molar-refractivity contribution >= 4 is 5.91 Å². The van der Waals surface area contributed by atoms with Crippen molar-refractivity contribution in [3.05, 3.63) is 36.1 Å². The minimum Gasteiger partial charge on any atom is -0.435 e. The van der Waals surface area contributed by atoms with Crippen LogP contribution < -0.4 is 5.32 Å². The van der Waals surface area contributed by atoms with Crippen LogP contribution in [-0.2, 0) is 13.0 Å². The zero-order valence-electron chi connectivity index (χ0n) is 13.9. The number of nitrogens with zero attached hydrogens (tertiary/aromatic N) is 3. The van der Waals surface area contributed by atoms with Gasteiger partial charge in [-0.05, 0) is 12.3 Å². The Morgan fingerprint density at radius 1 is 1.45 bits per heavy atom. The van der Waals surface area contributed by atoms with E-state index in [-0.39, 0.29) is 17.4 Å². The van der Waals surface area contributed by atoms with Crippen LogP contribution >= 0.6 is 0 Å². The van der Waals surface area contributed by atoms with Gasteiger partial charge in [0.25, 0.3) is 5.91 Å². The highest BCUT2D eigenvalue weighted by Crippen LogP contribution is 2.22. The first-order chi connectivity index (χ1) is 10.3. The number of oxazole rings is 1. The first-order valence-electron chi connectivity index (χ1n) is 7.54. The van der Waals surface area contributed by atoms with Gasteiger partial charge in [0.15, 0.2) is 5.89 Å². The van der Waals surface area contributed by atoms with Gasteiger partial charge in [-0.2, -0.15) is 0 Å². The second kappa shape index (κ2) is 6.34. The van der Waals surface area contributed by atoms with Crippen molar-refractivity contribution in [2.45, 2.75) is 53.6 Å². The minimum absolute atomic E-state index is 0.0521. The van der Waals surface area contributed by atoms with Crippen LogP contribution in [0.2, 0.25) is 0 Å². The van der Waals surface area contributed by atoms with Gasteiger partial charge in [0.05, 0.1) is 18.1 Å². The second-order valence-corrected chi connectivity index (χ2v) is 6.53. The maximum absolute atomic E-state index is 12.5. The Labute approximate surface area is 131 Å². The number of rotatable bonds is 5. The van der Waals surface area contributed by atoms with Gasteiger partial charge in [0.2, 0.25) is 5.76 Å². The molecule has 2 aromatic rings. The molecular formula is C16H24N4O2. The van der Waals surface area contributed by atoms with Crippen LogP contribution in [0.5, 0.6) is 0 Å². The molecule has 0 fully saturated rings. The van der Waals surface area contributed by atoms with Crippen LogP contribution in [0.25, 0.3) is 0 Å². The first-order valence-corrected chi connectivity index (χ1v) is 7.54. The fourth-order valence-electron chi connectivity index (χ4n) is 2.18. The van der Waals surface area contributed by atoms with Crippen molar-refractivity contribution < 1.29 is 9.21 Å². The van der Waals surface area contributed by atoms with E-state index in [9.17, 15) is 4.79 Å². The number of hydrogen-bond donors (Lipinski definition) is 1. The van der Waals surface area contributed by atoms with E-state index < -0.39 is 0 Å². The number of imidazole rings is 1. The molecule has 6 heteroatoms. The number of aryl methyl sites for hydroxylation is 2. The van der Waals surface area contributed by atoms with Crippen LogP contribution in [0.4, 0.5) is 0 Å². The van der Waals surface area contributed by atoms with Crippen molar-refractivity contribution in [2.75, 3.05) is 0 Å². The van der Waals surface area contributed by atoms with Crippen LogP contribution in [0.15, 0.2) is 23.1 Å². The number of hydrogen-bond acceptors (Lipinski definition) is 4. The summed E-state index contributed by atoms with van der Waals surface area (Å²) in [6, 6.07) is -0.0521. The summed E-state index contributed by atoms with van der Waals surface area (Å²) < 4.78 is 7.49. The van der Waals surface area contributed by atoms with Crippen molar-refractivity contribution in [3.63, 3.8) is 0 Å². The highest BCUT2D eigenvalue weighted by atomic mass is 16.4. The smallest absolute Gasteiger partial charge is 0.289 e. The summed E-state index contributed by atoms with van der Waals surface area (Å²) >= 11 is 0. The molecule has 2 rings (SSSR count). The fourth-order valence-corrected chi connectivity index (χ4v) is 2.18. The summed E-state index contributed by atoms with van der Waals surface area (Å²) in [7, 11) is 0. The number of aromatic nitrogens is 3.